The highest BCUT2D eigenvalue weighted by Gasteiger charge is 2.40. The van der Waals surface area contributed by atoms with Gasteiger partial charge >= 0.3 is 6.03 Å². The summed E-state index contributed by atoms with van der Waals surface area (Å²) in [5.41, 5.74) is 0. The minimum atomic E-state index is -1.40. The van der Waals surface area contributed by atoms with Crippen LogP contribution in [0.4, 0.5) is 4.79 Å². The van der Waals surface area contributed by atoms with Crippen LogP contribution < -0.4 is 0 Å². The van der Waals surface area contributed by atoms with Crippen LogP contribution in [0, 0.1) is 10.3 Å². The molecule has 0 aromatic heterocycles. The number of hydrogen-bond acceptors (Lipinski definition) is 5. The molecule has 0 aromatic carbocycles. The molecular weight excluding hydrogens is 176 g/mol. The quantitative estimate of drug-likeness (QED) is 0.563. The van der Waals surface area contributed by atoms with Crippen LogP contribution >= 0.6 is 0 Å². The molecule has 0 saturated carbocycles. The Morgan fingerprint density at radius 2 is 1.85 bits per heavy atom. The summed E-state index contributed by atoms with van der Waals surface area (Å²) in [6.45, 7) is 0. The average molecular weight is 184 g/mol. The molecule has 1 rings (SSSR count). The van der Waals surface area contributed by atoms with E-state index in [1.54, 1.807) is 0 Å². The van der Waals surface area contributed by atoms with E-state index in [9.17, 15) is 14.5 Å². The Labute approximate surface area is 73.8 Å². The van der Waals surface area contributed by atoms with Crippen molar-refractivity contribution in [1.29, 1.82) is 5.41 Å². The number of nitrogens with zero attached hydrogens (tertiary/aromatic N) is 3. The van der Waals surface area contributed by atoms with Crippen LogP contribution in [0.15, 0.2) is 5.18 Å². The Hall–Kier alpha value is -1.79. The van der Waals surface area contributed by atoms with Gasteiger partial charge in [0.1, 0.15) is 5.84 Å². The van der Waals surface area contributed by atoms with Gasteiger partial charge in [-0.25, -0.2) is 4.79 Å². The third-order valence-electron chi connectivity index (χ3n) is 1.86. The summed E-state index contributed by atoms with van der Waals surface area (Å²) in [6, 6.07) is -2.03. The molecule has 3 amide bonds. The maximum Gasteiger partial charge on any atom is 0.331 e. The van der Waals surface area contributed by atoms with Crippen molar-refractivity contribution in [3.63, 3.8) is 0 Å². The lowest BCUT2D eigenvalue weighted by atomic mass is 10.2. The second-order valence-corrected chi connectivity index (χ2v) is 2.63. The molecule has 1 aliphatic rings. The van der Waals surface area contributed by atoms with E-state index in [2.05, 4.69) is 5.18 Å². The Morgan fingerprint density at radius 1 is 1.31 bits per heavy atom. The predicted molar refractivity (Wildman–Crippen MR) is 43.2 cm³/mol. The van der Waals surface area contributed by atoms with Crippen LogP contribution in [0.25, 0.3) is 0 Å². The summed E-state index contributed by atoms with van der Waals surface area (Å²) in [5.74, 6) is -1.15. The third-order valence-corrected chi connectivity index (χ3v) is 1.86. The fraction of sp³-hybridized carbons (Fsp3) is 0.500. The Morgan fingerprint density at radius 3 is 2.31 bits per heavy atom. The van der Waals surface area contributed by atoms with E-state index in [0.717, 1.165) is 9.80 Å². The van der Waals surface area contributed by atoms with Crippen LogP contribution in [0.2, 0.25) is 0 Å². The van der Waals surface area contributed by atoms with Crippen molar-refractivity contribution in [2.24, 2.45) is 5.18 Å². The van der Waals surface area contributed by atoms with E-state index in [0.29, 0.717) is 0 Å². The van der Waals surface area contributed by atoms with E-state index in [-0.39, 0.29) is 5.84 Å². The summed E-state index contributed by atoms with van der Waals surface area (Å²) >= 11 is 0. The lowest BCUT2D eigenvalue weighted by molar-refractivity contribution is -0.128. The van der Waals surface area contributed by atoms with Crippen molar-refractivity contribution < 1.29 is 9.59 Å². The van der Waals surface area contributed by atoms with Crippen molar-refractivity contribution in [2.75, 3.05) is 14.1 Å². The van der Waals surface area contributed by atoms with Gasteiger partial charge in [-0.3, -0.25) is 20.0 Å². The molecule has 0 bridgehead atoms. The first-order valence-electron chi connectivity index (χ1n) is 3.47. The molecule has 7 nitrogen and oxygen atoms in total. The molecule has 1 heterocycles. The highest BCUT2D eigenvalue weighted by atomic mass is 16.3. The largest absolute Gasteiger partial charge is 0.331 e. The van der Waals surface area contributed by atoms with Gasteiger partial charge in [-0.1, -0.05) is 0 Å². The van der Waals surface area contributed by atoms with Gasteiger partial charge in [0.25, 0.3) is 5.91 Å². The van der Waals surface area contributed by atoms with Crippen LogP contribution in [-0.4, -0.2) is 47.7 Å². The monoisotopic (exact) mass is 184 g/mol. The maximum atomic E-state index is 11.2. The van der Waals surface area contributed by atoms with Gasteiger partial charge in [0.05, 0.1) is 0 Å². The zero-order chi connectivity index (χ0) is 10.2. The molecule has 1 atom stereocenters. The van der Waals surface area contributed by atoms with Crippen molar-refractivity contribution in [3.8, 4) is 0 Å². The molecule has 1 fully saturated rings. The molecule has 70 valence electrons. The van der Waals surface area contributed by atoms with Gasteiger partial charge in [0, 0.05) is 14.1 Å². The van der Waals surface area contributed by atoms with Gasteiger partial charge in [0.2, 0.25) is 6.04 Å². The van der Waals surface area contributed by atoms with E-state index in [1.807, 2.05) is 0 Å². The van der Waals surface area contributed by atoms with Crippen LogP contribution in [0.3, 0.4) is 0 Å². The number of imide groups is 1. The van der Waals surface area contributed by atoms with Gasteiger partial charge in [0.15, 0.2) is 0 Å². The van der Waals surface area contributed by atoms with Gasteiger partial charge < -0.3 is 0 Å². The number of amides is 3. The molecule has 0 radical (unpaired) electrons. The minimum absolute atomic E-state index is 0.386. The summed E-state index contributed by atoms with van der Waals surface area (Å²) in [4.78, 5) is 34.2. The molecule has 1 aliphatic heterocycles. The third kappa shape index (κ3) is 1.17. The fourth-order valence-electron chi connectivity index (χ4n) is 1.00. The topological polar surface area (TPSA) is 93.9 Å². The number of carbonyl (C=O) groups is 2. The first kappa shape index (κ1) is 9.30. The van der Waals surface area contributed by atoms with E-state index in [1.165, 1.54) is 14.1 Å². The average Bonchev–Trinajstić information content (AvgIpc) is 2.13. The summed E-state index contributed by atoms with van der Waals surface area (Å²) in [6.07, 6.45) is 0. The highest BCUT2D eigenvalue weighted by molar-refractivity contribution is 6.19. The predicted octanol–water partition coefficient (Wildman–Crippen LogP) is -0.378. The molecular formula is C6H8N4O3. The molecule has 1 N–H and O–H groups in total. The van der Waals surface area contributed by atoms with Gasteiger partial charge in [-0.2, -0.15) is 0 Å². The Balaban J connectivity index is 3.05. The second kappa shape index (κ2) is 2.92. The minimum Gasteiger partial charge on any atom is -0.286 e. The molecule has 1 saturated heterocycles. The van der Waals surface area contributed by atoms with Gasteiger partial charge in [-0.05, 0) is 5.18 Å². The normalized spacial score (nSPS) is 23.8. The highest BCUT2D eigenvalue weighted by Crippen LogP contribution is 2.11. The Kier molecular flexibility index (Phi) is 2.09. The molecule has 0 aromatic rings. The molecule has 0 aliphatic carbocycles. The summed E-state index contributed by atoms with van der Waals surface area (Å²) < 4.78 is 0. The van der Waals surface area contributed by atoms with Crippen LogP contribution in [0.5, 0.6) is 0 Å². The number of nitroso groups, excluding NO2 is 1. The zero-order valence-corrected chi connectivity index (χ0v) is 7.14. The maximum absolute atomic E-state index is 11.2. The number of hydrogen-bond donors (Lipinski definition) is 1. The SMILES string of the molecule is CN1C(=N)C(N=O)C(=O)N(C)C1=O. The van der Waals surface area contributed by atoms with Crippen molar-refractivity contribution in [1.82, 2.24) is 9.80 Å². The first-order valence-corrected chi connectivity index (χ1v) is 3.47. The fourth-order valence-corrected chi connectivity index (χ4v) is 1.00. The van der Waals surface area contributed by atoms with Crippen molar-refractivity contribution in [2.45, 2.75) is 6.04 Å². The zero-order valence-electron chi connectivity index (χ0n) is 7.14. The summed E-state index contributed by atoms with van der Waals surface area (Å²) in [5, 5.41) is 9.75. The smallest absolute Gasteiger partial charge is 0.286 e. The van der Waals surface area contributed by atoms with Gasteiger partial charge in [-0.15, -0.1) is 4.91 Å². The molecule has 13 heavy (non-hydrogen) atoms. The number of amidine groups is 1. The second-order valence-electron chi connectivity index (χ2n) is 2.63. The van der Waals surface area contributed by atoms with Crippen LogP contribution in [0.1, 0.15) is 0 Å². The lowest BCUT2D eigenvalue weighted by Crippen LogP contribution is -2.58. The number of likely N-dealkylation sites (N-methyl/N-ethyl adjacent to an activating group) is 2. The van der Waals surface area contributed by atoms with Crippen LogP contribution in [-0.2, 0) is 4.79 Å². The van der Waals surface area contributed by atoms with E-state index < -0.39 is 18.0 Å². The Bertz CT molecular complexity index is 276. The molecule has 0 spiro atoms. The number of carbonyl (C=O) groups excluding carboxylic acids is 2. The van der Waals surface area contributed by atoms with Crippen molar-refractivity contribution >= 4 is 17.8 Å². The lowest BCUT2D eigenvalue weighted by Gasteiger charge is -2.31. The van der Waals surface area contributed by atoms with E-state index in [4.69, 9.17) is 5.41 Å². The van der Waals surface area contributed by atoms with E-state index >= 15 is 0 Å². The number of rotatable bonds is 1. The standard InChI is InChI=1S/C6H8N4O3/c1-9-4(7)3(8-13)5(11)10(2)6(9)12/h3,7H,1-2H3. The van der Waals surface area contributed by atoms with Crippen molar-refractivity contribution in [3.05, 3.63) is 4.91 Å². The summed E-state index contributed by atoms with van der Waals surface area (Å²) in [7, 11) is 2.55. The molecule has 7 heteroatoms. The number of nitrogens with one attached hydrogen (secondary N) is 1. The molecule has 1 unspecified atom stereocenters. The first-order chi connectivity index (χ1) is 6.00. The number of urea groups is 1.